The standard InChI is InChI=1S/C17H25N3O/c1-12-10-15-11-14(4-5-16(15)19-12)17(21)13(2)20-8-3-6-18-7-9-20/h4-5,11-13,18-19H,3,6-10H2,1-2H3. The maximum atomic E-state index is 12.8. The molecule has 0 amide bonds. The number of anilines is 1. The highest BCUT2D eigenvalue weighted by Crippen LogP contribution is 2.27. The van der Waals surface area contributed by atoms with E-state index in [0.717, 1.165) is 44.6 Å². The molecule has 2 unspecified atom stereocenters. The molecule has 2 N–H and O–H groups in total. The normalized spacial score (nSPS) is 24.0. The second-order valence-corrected chi connectivity index (χ2v) is 6.30. The molecule has 114 valence electrons. The van der Waals surface area contributed by atoms with Crippen molar-refractivity contribution in [3.05, 3.63) is 29.3 Å². The molecule has 1 aromatic rings. The van der Waals surface area contributed by atoms with E-state index in [1.54, 1.807) is 0 Å². The summed E-state index contributed by atoms with van der Waals surface area (Å²) < 4.78 is 0. The van der Waals surface area contributed by atoms with E-state index in [-0.39, 0.29) is 11.8 Å². The molecule has 2 aliphatic rings. The van der Waals surface area contributed by atoms with Crippen molar-refractivity contribution in [1.82, 2.24) is 10.2 Å². The minimum absolute atomic E-state index is 0.0327. The van der Waals surface area contributed by atoms with Gasteiger partial charge in [0.1, 0.15) is 0 Å². The van der Waals surface area contributed by atoms with E-state index in [1.807, 2.05) is 13.0 Å². The highest BCUT2D eigenvalue weighted by atomic mass is 16.1. The van der Waals surface area contributed by atoms with Crippen LogP contribution in [0.3, 0.4) is 0 Å². The molecule has 0 radical (unpaired) electrons. The summed E-state index contributed by atoms with van der Waals surface area (Å²) in [4.78, 5) is 15.1. The number of benzene rings is 1. The zero-order valence-corrected chi connectivity index (χ0v) is 13.0. The van der Waals surface area contributed by atoms with Crippen molar-refractivity contribution in [3.63, 3.8) is 0 Å². The first kappa shape index (κ1) is 14.5. The van der Waals surface area contributed by atoms with E-state index in [9.17, 15) is 4.79 Å². The first-order chi connectivity index (χ1) is 10.1. The first-order valence-corrected chi connectivity index (χ1v) is 8.03. The van der Waals surface area contributed by atoms with Gasteiger partial charge in [-0.3, -0.25) is 9.69 Å². The number of nitrogens with one attached hydrogen (secondary N) is 2. The Morgan fingerprint density at radius 1 is 1.33 bits per heavy atom. The summed E-state index contributed by atoms with van der Waals surface area (Å²) in [6.45, 7) is 8.21. The Kier molecular flexibility index (Phi) is 4.27. The number of Topliss-reactive ketones (excluding diaryl/α,β-unsaturated/α-hetero) is 1. The number of carbonyl (C=O) groups excluding carboxylic acids is 1. The molecule has 1 saturated heterocycles. The highest BCUT2D eigenvalue weighted by molar-refractivity contribution is 6.00. The van der Waals surface area contributed by atoms with Crippen molar-refractivity contribution in [2.45, 2.75) is 38.8 Å². The van der Waals surface area contributed by atoms with Gasteiger partial charge in [-0.2, -0.15) is 0 Å². The molecule has 2 heterocycles. The number of hydrogen-bond donors (Lipinski definition) is 2. The lowest BCUT2D eigenvalue weighted by molar-refractivity contribution is 0.0846. The van der Waals surface area contributed by atoms with Crippen LogP contribution in [0.25, 0.3) is 0 Å². The van der Waals surface area contributed by atoms with Crippen molar-refractivity contribution >= 4 is 11.5 Å². The molecule has 0 spiro atoms. The molecule has 0 bridgehead atoms. The van der Waals surface area contributed by atoms with Gasteiger partial charge in [0.25, 0.3) is 0 Å². The predicted molar refractivity (Wildman–Crippen MR) is 86.1 cm³/mol. The Bertz CT molecular complexity index is 521. The summed E-state index contributed by atoms with van der Waals surface area (Å²) in [6.07, 6.45) is 2.13. The minimum atomic E-state index is -0.0327. The van der Waals surface area contributed by atoms with E-state index >= 15 is 0 Å². The molecular formula is C17H25N3O. The van der Waals surface area contributed by atoms with Gasteiger partial charge in [-0.05, 0) is 57.0 Å². The van der Waals surface area contributed by atoms with Crippen LogP contribution in [0.2, 0.25) is 0 Å². The van der Waals surface area contributed by atoms with Gasteiger partial charge in [0.15, 0.2) is 5.78 Å². The van der Waals surface area contributed by atoms with Crippen LogP contribution in [0.1, 0.15) is 36.2 Å². The number of carbonyl (C=O) groups is 1. The summed E-state index contributed by atoms with van der Waals surface area (Å²) in [5.41, 5.74) is 3.32. The number of fused-ring (bicyclic) bond motifs is 1. The zero-order chi connectivity index (χ0) is 14.8. The number of rotatable bonds is 3. The monoisotopic (exact) mass is 287 g/mol. The third-order valence-electron chi connectivity index (χ3n) is 4.62. The fraction of sp³-hybridized carbons (Fsp3) is 0.588. The van der Waals surface area contributed by atoms with Gasteiger partial charge in [0.2, 0.25) is 0 Å². The molecule has 2 aliphatic heterocycles. The van der Waals surface area contributed by atoms with Crippen LogP contribution < -0.4 is 10.6 Å². The molecule has 0 aliphatic carbocycles. The average Bonchev–Trinajstić information content (AvgIpc) is 2.68. The van der Waals surface area contributed by atoms with Crippen LogP contribution in [0.5, 0.6) is 0 Å². The van der Waals surface area contributed by atoms with Gasteiger partial charge >= 0.3 is 0 Å². The molecular weight excluding hydrogens is 262 g/mol. The fourth-order valence-electron chi connectivity index (χ4n) is 3.36. The Morgan fingerprint density at radius 3 is 3.05 bits per heavy atom. The van der Waals surface area contributed by atoms with Crippen molar-refractivity contribution in [2.24, 2.45) is 0 Å². The molecule has 1 fully saturated rings. The van der Waals surface area contributed by atoms with Crippen LogP contribution >= 0.6 is 0 Å². The van der Waals surface area contributed by atoms with E-state index in [4.69, 9.17) is 0 Å². The molecule has 3 rings (SSSR count). The lowest BCUT2D eigenvalue weighted by Gasteiger charge is -2.26. The molecule has 1 aromatic carbocycles. The predicted octanol–water partition coefficient (Wildman–Crippen LogP) is 1.91. The van der Waals surface area contributed by atoms with Crippen molar-refractivity contribution in [1.29, 1.82) is 0 Å². The summed E-state index contributed by atoms with van der Waals surface area (Å²) >= 11 is 0. The van der Waals surface area contributed by atoms with Crippen molar-refractivity contribution < 1.29 is 4.79 Å². The van der Waals surface area contributed by atoms with Crippen LogP contribution in [-0.2, 0) is 6.42 Å². The van der Waals surface area contributed by atoms with Crippen molar-refractivity contribution in [2.75, 3.05) is 31.5 Å². The van der Waals surface area contributed by atoms with Crippen molar-refractivity contribution in [3.8, 4) is 0 Å². The summed E-state index contributed by atoms with van der Waals surface area (Å²) in [5.74, 6) is 0.249. The van der Waals surface area contributed by atoms with E-state index < -0.39 is 0 Å². The maximum Gasteiger partial charge on any atom is 0.179 e. The molecule has 4 heteroatoms. The third-order valence-corrected chi connectivity index (χ3v) is 4.62. The Balaban J connectivity index is 1.74. The topological polar surface area (TPSA) is 44.4 Å². The zero-order valence-electron chi connectivity index (χ0n) is 13.0. The fourth-order valence-corrected chi connectivity index (χ4v) is 3.36. The smallest absolute Gasteiger partial charge is 0.179 e. The lowest BCUT2D eigenvalue weighted by Crippen LogP contribution is -2.41. The molecule has 0 saturated carbocycles. The minimum Gasteiger partial charge on any atom is -0.382 e. The quantitative estimate of drug-likeness (QED) is 0.834. The second kappa shape index (κ2) is 6.16. The average molecular weight is 287 g/mol. The number of ketones is 1. The molecule has 4 nitrogen and oxygen atoms in total. The van der Waals surface area contributed by atoms with Crippen LogP contribution in [-0.4, -0.2) is 48.9 Å². The van der Waals surface area contributed by atoms with Gasteiger partial charge in [0.05, 0.1) is 6.04 Å². The van der Waals surface area contributed by atoms with Gasteiger partial charge < -0.3 is 10.6 Å². The summed E-state index contributed by atoms with van der Waals surface area (Å²) in [6, 6.07) is 6.55. The Hall–Kier alpha value is -1.39. The second-order valence-electron chi connectivity index (χ2n) is 6.30. The SMILES string of the molecule is CC1Cc2cc(C(=O)C(C)N3CCCNCC3)ccc2N1. The van der Waals surface area contributed by atoms with Gasteiger partial charge in [-0.25, -0.2) is 0 Å². The number of hydrogen-bond acceptors (Lipinski definition) is 4. The van der Waals surface area contributed by atoms with Gasteiger partial charge in [-0.1, -0.05) is 0 Å². The highest BCUT2D eigenvalue weighted by Gasteiger charge is 2.25. The Morgan fingerprint density at radius 2 is 2.19 bits per heavy atom. The number of nitrogens with zero attached hydrogens (tertiary/aromatic N) is 1. The lowest BCUT2D eigenvalue weighted by atomic mass is 10.00. The van der Waals surface area contributed by atoms with E-state index in [0.29, 0.717) is 6.04 Å². The maximum absolute atomic E-state index is 12.8. The van der Waals surface area contributed by atoms with Crippen LogP contribution in [0, 0.1) is 0 Å². The molecule has 0 aromatic heterocycles. The molecule has 2 atom stereocenters. The molecule has 21 heavy (non-hydrogen) atoms. The third kappa shape index (κ3) is 3.11. The van der Waals surface area contributed by atoms with E-state index in [2.05, 4.69) is 34.6 Å². The summed E-state index contributed by atoms with van der Waals surface area (Å²) in [5, 5.41) is 6.82. The van der Waals surface area contributed by atoms with Crippen LogP contribution in [0.15, 0.2) is 18.2 Å². The van der Waals surface area contributed by atoms with Gasteiger partial charge in [-0.15, -0.1) is 0 Å². The summed E-state index contributed by atoms with van der Waals surface area (Å²) in [7, 11) is 0. The largest absolute Gasteiger partial charge is 0.382 e. The van der Waals surface area contributed by atoms with Gasteiger partial charge in [0, 0.05) is 36.9 Å². The van der Waals surface area contributed by atoms with Crippen LogP contribution in [0.4, 0.5) is 5.69 Å². The first-order valence-electron chi connectivity index (χ1n) is 8.03. The Labute approximate surface area is 126 Å². The van der Waals surface area contributed by atoms with E-state index in [1.165, 1.54) is 11.3 Å².